The van der Waals surface area contributed by atoms with E-state index < -0.39 is 0 Å². The number of carbonyl (C=O) groups is 1. The van der Waals surface area contributed by atoms with Crippen LogP contribution in [0.15, 0.2) is 35.3 Å². The van der Waals surface area contributed by atoms with Crippen molar-refractivity contribution in [1.29, 1.82) is 0 Å². The number of ether oxygens (including phenoxy) is 1. The van der Waals surface area contributed by atoms with Crippen LogP contribution in [0.25, 0.3) is 0 Å². The number of likely N-dealkylation sites (tertiary alicyclic amines) is 1. The lowest BCUT2D eigenvalue weighted by Gasteiger charge is -2.33. The summed E-state index contributed by atoms with van der Waals surface area (Å²) in [5.41, 5.74) is 1.36. The van der Waals surface area contributed by atoms with Crippen LogP contribution in [0.4, 0.5) is 0 Å². The summed E-state index contributed by atoms with van der Waals surface area (Å²) in [6.45, 7) is 10.0. The van der Waals surface area contributed by atoms with Crippen LogP contribution in [-0.4, -0.2) is 49.6 Å². The summed E-state index contributed by atoms with van der Waals surface area (Å²) in [6, 6.07) is 10.6. The zero-order valence-corrected chi connectivity index (χ0v) is 19.1. The molecule has 1 saturated heterocycles. The number of esters is 1. The Hall–Kier alpha value is -1.31. The van der Waals surface area contributed by atoms with E-state index in [0.717, 1.165) is 51.4 Å². The normalized spacial score (nSPS) is 16.4. The van der Waals surface area contributed by atoms with Crippen molar-refractivity contribution in [1.82, 2.24) is 10.2 Å². The minimum Gasteiger partial charge on any atom is -0.466 e. The van der Waals surface area contributed by atoms with Gasteiger partial charge in [-0.3, -0.25) is 9.79 Å². The summed E-state index contributed by atoms with van der Waals surface area (Å²) in [6.07, 6.45) is 2.70. The minimum atomic E-state index is -0.0502. The molecule has 0 saturated carbocycles. The number of nitrogens with one attached hydrogen (secondary N) is 1. The Bertz CT molecular complexity index is 572. The predicted molar refractivity (Wildman–Crippen MR) is 122 cm³/mol. The number of halogens is 1. The number of carbonyl (C=O) groups excluding carboxylic acids is 1. The van der Waals surface area contributed by atoms with Crippen LogP contribution in [0.1, 0.15) is 51.5 Å². The third-order valence-electron chi connectivity index (χ3n) is 4.94. The Labute approximate surface area is 181 Å². The average molecular weight is 487 g/mol. The molecule has 1 N–H and O–H groups in total. The molecule has 2 rings (SSSR count). The molecule has 0 amide bonds. The summed E-state index contributed by atoms with van der Waals surface area (Å²) in [4.78, 5) is 19.0. The molecule has 1 aromatic carbocycles. The van der Waals surface area contributed by atoms with Gasteiger partial charge in [0.05, 0.1) is 12.5 Å². The SMILES string of the molecule is CCNC(=NCCC(C)c1ccccc1)N1CCC(C(=O)OCC)CC1.I. The van der Waals surface area contributed by atoms with Crippen LogP contribution in [0, 0.1) is 5.92 Å². The van der Waals surface area contributed by atoms with Crippen molar-refractivity contribution < 1.29 is 9.53 Å². The van der Waals surface area contributed by atoms with E-state index in [-0.39, 0.29) is 35.9 Å². The molecule has 1 heterocycles. The number of piperidine rings is 1. The highest BCUT2D eigenvalue weighted by Crippen LogP contribution is 2.20. The molecule has 152 valence electrons. The molecule has 6 heteroatoms. The van der Waals surface area contributed by atoms with Gasteiger partial charge in [-0.05, 0) is 44.6 Å². The minimum absolute atomic E-state index is 0. The monoisotopic (exact) mass is 487 g/mol. The standard InChI is InChI=1S/C21H33N3O2.HI/c1-4-22-21(23-14-11-17(3)18-9-7-6-8-10-18)24-15-12-19(13-16-24)20(25)26-5-2;/h6-10,17,19H,4-5,11-16H2,1-3H3,(H,22,23);1H. The van der Waals surface area contributed by atoms with Crippen LogP contribution in [0.5, 0.6) is 0 Å². The lowest BCUT2D eigenvalue weighted by molar-refractivity contribution is -0.149. The van der Waals surface area contributed by atoms with E-state index in [1.54, 1.807) is 0 Å². The van der Waals surface area contributed by atoms with E-state index >= 15 is 0 Å². The Morgan fingerprint density at radius 1 is 1.26 bits per heavy atom. The van der Waals surface area contributed by atoms with Gasteiger partial charge in [-0.1, -0.05) is 37.3 Å². The molecule has 0 radical (unpaired) electrons. The van der Waals surface area contributed by atoms with Gasteiger partial charge in [-0.25, -0.2) is 0 Å². The molecule has 27 heavy (non-hydrogen) atoms. The Kier molecular flexibility index (Phi) is 11.4. The topological polar surface area (TPSA) is 53.9 Å². The zero-order valence-electron chi connectivity index (χ0n) is 16.8. The molecule has 0 aromatic heterocycles. The highest BCUT2D eigenvalue weighted by molar-refractivity contribution is 14.0. The first kappa shape index (κ1) is 23.7. The smallest absolute Gasteiger partial charge is 0.309 e. The van der Waals surface area contributed by atoms with E-state index in [1.165, 1.54) is 5.56 Å². The lowest BCUT2D eigenvalue weighted by Crippen LogP contribution is -2.46. The molecule has 0 bridgehead atoms. The Balaban J connectivity index is 0.00000364. The van der Waals surface area contributed by atoms with Crippen molar-refractivity contribution in [3.8, 4) is 0 Å². The number of aliphatic imine (C=N–C) groups is 1. The van der Waals surface area contributed by atoms with Gasteiger partial charge in [-0.2, -0.15) is 0 Å². The number of rotatable bonds is 7. The van der Waals surface area contributed by atoms with Gasteiger partial charge in [0.2, 0.25) is 0 Å². The van der Waals surface area contributed by atoms with Crippen molar-refractivity contribution in [3.05, 3.63) is 35.9 Å². The van der Waals surface area contributed by atoms with Gasteiger partial charge in [0.15, 0.2) is 5.96 Å². The van der Waals surface area contributed by atoms with E-state index in [9.17, 15) is 4.79 Å². The van der Waals surface area contributed by atoms with Crippen molar-refractivity contribution in [2.45, 2.75) is 46.0 Å². The second-order valence-electron chi connectivity index (χ2n) is 6.85. The highest BCUT2D eigenvalue weighted by atomic mass is 127. The average Bonchev–Trinajstić information content (AvgIpc) is 2.68. The van der Waals surface area contributed by atoms with Crippen LogP contribution in [-0.2, 0) is 9.53 Å². The zero-order chi connectivity index (χ0) is 18.8. The van der Waals surface area contributed by atoms with Crippen LogP contribution in [0.2, 0.25) is 0 Å². The summed E-state index contributed by atoms with van der Waals surface area (Å²) in [7, 11) is 0. The summed E-state index contributed by atoms with van der Waals surface area (Å²) in [5.74, 6) is 1.45. The second kappa shape index (κ2) is 13.0. The fourth-order valence-corrected chi connectivity index (χ4v) is 3.33. The largest absolute Gasteiger partial charge is 0.466 e. The third-order valence-corrected chi connectivity index (χ3v) is 4.94. The van der Waals surface area contributed by atoms with Gasteiger partial charge in [0.25, 0.3) is 0 Å². The molecule has 1 aromatic rings. The van der Waals surface area contributed by atoms with E-state index in [4.69, 9.17) is 9.73 Å². The molecule has 0 spiro atoms. The summed E-state index contributed by atoms with van der Waals surface area (Å²) >= 11 is 0. The first-order valence-corrected chi connectivity index (χ1v) is 9.90. The second-order valence-corrected chi connectivity index (χ2v) is 6.85. The number of hydrogen-bond donors (Lipinski definition) is 1. The van der Waals surface area contributed by atoms with E-state index in [1.807, 2.05) is 6.92 Å². The van der Waals surface area contributed by atoms with Crippen molar-refractivity contribution >= 4 is 35.9 Å². The maximum atomic E-state index is 11.9. The lowest BCUT2D eigenvalue weighted by atomic mass is 9.97. The van der Waals surface area contributed by atoms with Crippen molar-refractivity contribution in [3.63, 3.8) is 0 Å². The summed E-state index contributed by atoms with van der Waals surface area (Å²) in [5, 5.41) is 3.39. The van der Waals surface area contributed by atoms with Gasteiger partial charge in [0, 0.05) is 26.2 Å². The Morgan fingerprint density at radius 3 is 2.52 bits per heavy atom. The fraction of sp³-hybridized carbons (Fsp3) is 0.619. The number of benzene rings is 1. The highest BCUT2D eigenvalue weighted by Gasteiger charge is 2.27. The summed E-state index contributed by atoms with van der Waals surface area (Å²) < 4.78 is 5.15. The quantitative estimate of drug-likeness (QED) is 0.273. The van der Waals surface area contributed by atoms with Gasteiger partial charge < -0.3 is 15.0 Å². The number of nitrogens with zero attached hydrogens (tertiary/aromatic N) is 2. The van der Waals surface area contributed by atoms with E-state index in [0.29, 0.717) is 12.5 Å². The van der Waals surface area contributed by atoms with Gasteiger partial charge >= 0.3 is 5.97 Å². The number of hydrogen-bond acceptors (Lipinski definition) is 3. The van der Waals surface area contributed by atoms with Crippen LogP contribution < -0.4 is 5.32 Å². The number of guanidine groups is 1. The molecular weight excluding hydrogens is 453 g/mol. The molecule has 1 atom stereocenters. The molecule has 0 aliphatic carbocycles. The molecule has 1 fully saturated rings. The maximum absolute atomic E-state index is 11.9. The van der Waals surface area contributed by atoms with Gasteiger partial charge in [0.1, 0.15) is 0 Å². The maximum Gasteiger partial charge on any atom is 0.309 e. The first-order valence-electron chi connectivity index (χ1n) is 9.90. The molecule has 1 aliphatic rings. The van der Waals surface area contributed by atoms with Crippen molar-refractivity contribution in [2.75, 3.05) is 32.8 Å². The van der Waals surface area contributed by atoms with Crippen LogP contribution in [0.3, 0.4) is 0 Å². The van der Waals surface area contributed by atoms with E-state index in [2.05, 4.69) is 54.4 Å². The third kappa shape index (κ3) is 7.68. The molecule has 1 unspecified atom stereocenters. The van der Waals surface area contributed by atoms with Crippen LogP contribution >= 0.6 is 24.0 Å². The molecule has 1 aliphatic heterocycles. The fourth-order valence-electron chi connectivity index (χ4n) is 3.33. The first-order chi connectivity index (χ1) is 12.7. The van der Waals surface area contributed by atoms with Gasteiger partial charge in [-0.15, -0.1) is 24.0 Å². The van der Waals surface area contributed by atoms with Crippen molar-refractivity contribution in [2.24, 2.45) is 10.9 Å². The molecular formula is C21H34IN3O2. The molecule has 5 nitrogen and oxygen atoms in total. The predicted octanol–water partition coefficient (Wildman–Crippen LogP) is 4.04. The Morgan fingerprint density at radius 2 is 1.93 bits per heavy atom.